The molecular formula is C20H20FN5O2S. The Labute approximate surface area is 171 Å². The van der Waals surface area contributed by atoms with Crippen LogP contribution in [-0.4, -0.2) is 32.3 Å². The van der Waals surface area contributed by atoms with Crippen molar-refractivity contribution in [2.24, 2.45) is 7.05 Å². The van der Waals surface area contributed by atoms with Gasteiger partial charge < -0.3 is 15.2 Å². The molecule has 3 aromatic rings. The Bertz CT molecular complexity index is 1020. The number of nitrogens with one attached hydrogen (secondary N) is 2. The van der Waals surface area contributed by atoms with E-state index in [0.29, 0.717) is 11.0 Å². The lowest BCUT2D eigenvalue weighted by atomic mass is 10.2. The molecule has 0 fully saturated rings. The average Bonchev–Trinajstić information content (AvgIpc) is 3.06. The quantitative estimate of drug-likeness (QED) is 0.582. The molecule has 2 amide bonds. The molecule has 2 aromatic carbocycles. The Morgan fingerprint density at radius 1 is 1.10 bits per heavy atom. The van der Waals surface area contributed by atoms with E-state index < -0.39 is 11.7 Å². The average molecular weight is 413 g/mol. The molecule has 0 saturated carbocycles. The number of benzene rings is 2. The summed E-state index contributed by atoms with van der Waals surface area (Å²) >= 11 is 1.24. The standard InChI is InChI=1S/C20H20FN5O2S/c1-13-7-9-14(10-8-13)23-18(27)12-29-20-25-24-17(26(20)2)11-22-19(28)15-5-3-4-6-16(15)21/h3-10H,11-12H2,1-2H3,(H,22,28)(H,23,27). The van der Waals surface area contributed by atoms with E-state index in [1.165, 1.54) is 30.0 Å². The number of aromatic nitrogens is 3. The predicted molar refractivity (Wildman–Crippen MR) is 109 cm³/mol. The number of nitrogens with zero attached hydrogens (tertiary/aromatic N) is 3. The smallest absolute Gasteiger partial charge is 0.254 e. The van der Waals surface area contributed by atoms with E-state index in [-0.39, 0.29) is 23.8 Å². The number of thioether (sulfide) groups is 1. The van der Waals surface area contributed by atoms with Crippen LogP contribution >= 0.6 is 11.8 Å². The van der Waals surface area contributed by atoms with Crippen molar-refractivity contribution in [3.63, 3.8) is 0 Å². The normalized spacial score (nSPS) is 10.6. The van der Waals surface area contributed by atoms with Crippen LogP contribution in [0.3, 0.4) is 0 Å². The minimum absolute atomic E-state index is 0.0305. The fourth-order valence-corrected chi connectivity index (χ4v) is 3.22. The van der Waals surface area contributed by atoms with Crippen molar-refractivity contribution < 1.29 is 14.0 Å². The van der Waals surface area contributed by atoms with Crippen molar-refractivity contribution in [1.82, 2.24) is 20.1 Å². The highest BCUT2D eigenvalue weighted by Crippen LogP contribution is 2.17. The molecule has 3 rings (SSSR count). The van der Waals surface area contributed by atoms with Crippen molar-refractivity contribution in [2.75, 3.05) is 11.1 Å². The summed E-state index contributed by atoms with van der Waals surface area (Å²) in [5, 5.41) is 14.1. The summed E-state index contributed by atoms with van der Waals surface area (Å²) in [5.74, 6) is -0.606. The molecule has 1 heterocycles. The van der Waals surface area contributed by atoms with Crippen molar-refractivity contribution in [2.45, 2.75) is 18.6 Å². The first-order valence-electron chi connectivity index (χ1n) is 8.84. The largest absolute Gasteiger partial charge is 0.345 e. The van der Waals surface area contributed by atoms with E-state index >= 15 is 0 Å². The molecule has 150 valence electrons. The highest BCUT2D eigenvalue weighted by atomic mass is 32.2. The molecule has 0 spiro atoms. The second-order valence-electron chi connectivity index (χ2n) is 6.32. The molecule has 0 aliphatic heterocycles. The Hall–Kier alpha value is -3.20. The van der Waals surface area contributed by atoms with Crippen LogP contribution in [-0.2, 0) is 18.4 Å². The SMILES string of the molecule is Cc1ccc(NC(=O)CSc2nnc(CNC(=O)c3ccccc3F)n2C)cc1. The summed E-state index contributed by atoms with van der Waals surface area (Å²) in [4.78, 5) is 24.2. The summed E-state index contributed by atoms with van der Waals surface area (Å²) in [6.45, 7) is 2.07. The Morgan fingerprint density at radius 3 is 2.55 bits per heavy atom. The number of anilines is 1. The van der Waals surface area contributed by atoms with Crippen molar-refractivity contribution in [3.05, 3.63) is 71.3 Å². The van der Waals surface area contributed by atoms with E-state index in [2.05, 4.69) is 20.8 Å². The summed E-state index contributed by atoms with van der Waals surface area (Å²) in [6, 6.07) is 13.3. The molecule has 0 saturated heterocycles. The second-order valence-corrected chi connectivity index (χ2v) is 7.27. The number of aryl methyl sites for hydroxylation is 1. The van der Waals surface area contributed by atoms with Crippen LogP contribution in [0.4, 0.5) is 10.1 Å². The number of amides is 2. The van der Waals surface area contributed by atoms with Gasteiger partial charge in [0.2, 0.25) is 5.91 Å². The fourth-order valence-electron chi connectivity index (χ4n) is 2.49. The van der Waals surface area contributed by atoms with Crippen LogP contribution in [0, 0.1) is 12.7 Å². The first-order valence-corrected chi connectivity index (χ1v) is 9.83. The first-order chi connectivity index (χ1) is 13.9. The zero-order chi connectivity index (χ0) is 20.8. The molecule has 0 radical (unpaired) electrons. The van der Waals surface area contributed by atoms with Crippen LogP contribution in [0.15, 0.2) is 53.7 Å². The molecule has 7 nitrogen and oxygen atoms in total. The van der Waals surface area contributed by atoms with Crippen LogP contribution in [0.5, 0.6) is 0 Å². The molecule has 0 bridgehead atoms. The van der Waals surface area contributed by atoms with Gasteiger partial charge in [0.25, 0.3) is 5.91 Å². The number of hydrogen-bond donors (Lipinski definition) is 2. The van der Waals surface area contributed by atoms with Gasteiger partial charge in [0, 0.05) is 12.7 Å². The number of halogens is 1. The van der Waals surface area contributed by atoms with Gasteiger partial charge in [-0.2, -0.15) is 0 Å². The van der Waals surface area contributed by atoms with E-state index in [1.807, 2.05) is 31.2 Å². The maximum Gasteiger partial charge on any atom is 0.254 e. The van der Waals surface area contributed by atoms with E-state index in [9.17, 15) is 14.0 Å². The predicted octanol–water partition coefficient (Wildman–Crippen LogP) is 2.92. The van der Waals surface area contributed by atoms with Gasteiger partial charge in [-0.05, 0) is 31.2 Å². The summed E-state index contributed by atoms with van der Waals surface area (Å²) in [5.41, 5.74) is 1.82. The third-order valence-corrected chi connectivity index (χ3v) is 5.14. The lowest BCUT2D eigenvalue weighted by molar-refractivity contribution is -0.113. The highest BCUT2D eigenvalue weighted by Gasteiger charge is 2.14. The van der Waals surface area contributed by atoms with Crippen molar-refractivity contribution >= 4 is 29.3 Å². The highest BCUT2D eigenvalue weighted by molar-refractivity contribution is 7.99. The van der Waals surface area contributed by atoms with Gasteiger partial charge in [0.15, 0.2) is 11.0 Å². The Kier molecular flexibility index (Phi) is 6.61. The molecule has 0 unspecified atom stereocenters. The maximum atomic E-state index is 13.7. The van der Waals surface area contributed by atoms with Gasteiger partial charge in [0.1, 0.15) is 5.82 Å². The molecule has 0 aliphatic rings. The third-order valence-electron chi connectivity index (χ3n) is 4.12. The van der Waals surface area contributed by atoms with Crippen LogP contribution in [0.1, 0.15) is 21.7 Å². The molecular weight excluding hydrogens is 393 g/mol. The Balaban J connectivity index is 1.52. The van der Waals surface area contributed by atoms with Crippen LogP contribution < -0.4 is 10.6 Å². The lowest BCUT2D eigenvalue weighted by Crippen LogP contribution is -2.25. The topological polar surface area (TPSA) is 88.9 Å². The second kappa shape index (κ2) is 9.33. The zero-order valence-corrected chi connectivity index (χ0v) is 16.8. The molecule has 0 atom stereocenters. The van der Waals surface area contributed by atoms with Gasteiger partial charge in [-0.15, -0.1) is 10.2 Å². The first kappa shape index (κ1) is 20.5. The molecule has 0 aliphatic carbocycles. The van der Waals surface area contributed by atoms with Gasteiger partial charge in [0.05, 0.1) is 17.9 Å². The number of carbonyl (C=O) groups is 2. The molecule has 2 N–H and O–H groups in total. The van der Waals surface area contributed by atoms with Crippen molar-refractivity contribution in [3.8, 4) is 0 Å². The minimum atomic E-state index is -0.584. The fraction of sp³-hybridized carbons (Fsp3) is 0.200. The van der Waals surface area contributed by atoms with Gasteiger partial charge in [-0.3, -0.25) is 9.59 Å². The van der Waals surface area contributed by atoms with Gasteiger partial charge >= 0.3 is 0 Å². The van der Waals surface area contributed by atoms with E-state index in [1.54, 1.807) is 17.7 Å². The maximum absolute atomic E-state index is 13.7. The van der Waals surface area contributed by atoms with Gasteiger partial charge in [-0.1, -0.05) is 41.6 Å². The van der Waals surface area contributed by atoms with Crippen LogP contribution in [0.25, 0.3) is 0 Å². The molecule has 29 heavy (non-hydrogen) atoms. The third kappa shape index (κ3) is 5.41. The van der Waals surface area contributed by atoms with E-state index in [4.69, 9.17) is 0 Å². The number of rotatable bonds is 7. The Morgan fingerprint density at radius 2 is 1.83 bits per heavy atom. The monoisotopic (exact) mass is 413 g/mol. The molecule has 9 heteroatoms. The molecule has 1 aromatic heterocycles. The number of hydrogen-bond acceptors (Lipinski definition) is 5. The summed E-state index contributed by atoms with van der Waals surface area (Å²) < 4.78 is 15.4. The lowest BCUT2D eigenvalue weighted by Gasteiger charge is -2.07. The van der Waals surface area contributed by atoms with Crippen LogP contribution in [0.2, 0.25) is 0 Å². The summed E-state index contributed by atoms with van der Waals surface area (Å²) in [6.07, 6.45) is 0. The minimum Gasteiger partial charge on any atom is -0.345 e. The van der Waals surface area contributed by atoms with Gasteiger partial charge in [-0.25, -0.2) is 4.39 Å². The summed E-state index contributed by atoms with van der Waals surface area (Å²) in [7, 11) is 1.74. The number of carbonyl (C=O) groups excluding carboxylic acids is 2. The van der Waals surface area contributed by atoms with E-state index in [0.717, 1.165) is 11.3 Å². The van der Waals surface area contributed by atoms with Crippen molar-refractivity contribution in [1.29, 1.82) is 0 Å². The zero-order valence-electron chi connectivity index (χ0n) is 16.0.